The number of hydrogen-bond acceptors (Lipinski definition) is 4. The predicted molar refractivity (Wildman–Crippen MR) is 95.4 cm³/mol. The number of hydrogen-bond donors (Lipinski definition) is 0. The summed E-state index contributed by atoms with van der Waals surface area (Å²) in [6.07, 6.45) is 4.07. The monoisotopic (exact) mass is 346 g/mol. The summed E-state index contributed by atoms with van der Waals surface area (Å²) in [7, 11) is 1.96. The van der Waals surface area contributed by atoms with Crippen LogP contribution >= 0.6 is 0 Å². The molecule has 6 heteroatoms. The van der Waals surface area contributed by atoms with Crippen molar-refractivity contribution in [3.05, 3.63) is 17.0 Å². The molecule has 25 heavy (non-hydrogen) atoms. The molecule has 1 aliphatic carbocycles. The molecule has 6 nitrogen and oxygen atoms in total. The summed E-state index contributed by atoms with van der Waals surface area (Å²) < 4.78 is 7.76. The minimum absolute atomic E-state index is 0.274. The van der Waals surface area contributed by atoms with Crippen LogP contribution in [0.15, 0.2) is 0 Å². The first-order chi connectivity index (χ1) is 12.0. The van der Waals surface area contributed by atoms with Crippen LogP contribution in [0.4, 0.5) is 0 Å². The molecule has 2 atom stereocenters. The Hall–Kier alpha value is -1.40. The number of carbonyl (C=O) groups is 1. The van der Waals surface area contributed by atoms with Crippen molar-refractivity contribution in [3.63, 3.8) is 0 Å². The lowest BCUT2D eigenvalue weighted by molar-refractivity contribution is -0.140. The Morgan fingerprint density at radius 2 is 2.04 bits per heavy atom. The Bertz CT molecular complexity index is 652. The Kier molecular flexibility index (Phi) is 4.58. The zero-order valence-corrected chi connectivity index (χ0v) is 15.7. The summed E-state index contributed by atoms with van der Waals surface area (Å²) >= 11 is 0. The number of ether oxygens (including phenoxy) is 1. The lowest BCUT2D eigenvalue weighted by Gasteiger charge is -2.48. The van der Waals surface area contributed by atoms with Gasteiger partial charge in [-0.15, -0.1) is 0 Å². The van der Waals surface area contributed by atoms with E-state index in [9.17, 15) is 4.79 Å². The topological polar surface area (TPSA) is 50.6 Å². The summed E-state index contributed by atoms with van der Waals surface area (Å²) in [6.45, 7) is 8.46. The van der Waals surface area contributed by atoms with Crippen molar-refractivity contribution in [1.82, 2.24) is 19.6 Å². The van der Waals surface area contributed by atoms with E-state index in [1.54, 1.807) is 0 Å². The summed E-state index contributed by atoms with van der Waals surface area (Å²) in [5.41, 5.74) is 3.44. The molecule has 1 aromatic rings. The smallest absolute Gasteiger partial charge is 0.223 e. The van der Waals surface area contributed by atoms with Gasteiger partial charge in [0.15, 0.2) is 0 Å². The number of carbonyl (C=O) groups excluding carboxylic acids is 1. The number of piperazine rings is 1. The lowest BCUT2D eigenvalue weighted by atomic mass is 10.0. The van der Waals surface area contributed by atoms with Crippen LogP contribution in [-0.2, 0) is 23.0 Å². The maximum atomic E-state index is 12.7. The van der Waals surface area contributed by atoms with Gasteiger partial charge in [-0.05, 0) is 44.6 Å². The third-order valence-corrected chi connectivity index (χ3v) is 6.32. The fourth-order valence-electron chi connectivity index (χ4n) is 4.56. The Balaban J connectivity index is 1.34. The van der Waals surface area contributed by atoms with E-state index < -0.39 is 0 Å². The van der Waals surface area contributed by atoms with Crippen LogP contribution in [-0.4, -0.2) is 70.4 Å². The van der Waals surface area contributed by atoms with Gasteiger partial charge in [0.1, 0.15) is 0 Å². The third-order valence-electron chi connectivity index (χ3n) is 6.32. The van der Waals surface area contributed by atoms with E-state index >= 15 is 0 Å². The van der Waals surface area contributed by atoms with Crippen LogP contribution in [0.3, 0.4) is 0 Å². The van der Waals surface area contributed by atoms with Crippen molar-refractivity contribution < 1.29 is 9.53 Å². The highest BCUT2D eigenvalue weighted by Gasteiger charge is 2.43. The van der Waals surface area contributed by atoms with Gasteiger partial charge in [0.05, 0.1) is 24.9 Å². The number of rotatable bonds is 4. The van der Waals surface area contributed by atoms with Gasteiger partial charge in [-0.2, -0.15) is 5.10 Å². The molecular formula is C19H30N4O2. The number of aryl methyl sites for hydroxylation is 2. The SMILES string of the molecule is Cc1nn(C)c(C)c1CCC(=O)N1CCN2[C@@H](COC[C@@H]2C2CC2)C1. The largest absolute Gasteiger partial charge is 0.378 e. The molecule has 0 bridgehead atoms. The summed E-state index contributed by atoms with van der Waals surface area (Å²) in [5.74, 6) is 1.11. The molecule has 4 rings (SSSR count). The van der Waals surface area contributed by atoms with E-state index in [2.05, 4.69) is 21.8 Å². The fraction of sp³-hybridized carbons (Fsp3) is 0.789. The van der Waals surface area contributed by atoms with E-state index in [1.807, 2.05) is 18.7 Å². The van der Waals surface area contributed by atoms with E-state index in [1.165, 1.54) is 24.1 Å². The molecule has 0 N–H and O–H groups in total. The first-order valence-electron chi connectivity index (χ1n) is 9.65. The minimum Gasteiger partial charge on any atom is -0.378 e. The quantitative estimate of drug-likeness (QED) is 0.824. The van der Waals surface area contributed by atoms with Gasteiger partial charge in [0, 0.05) is 44.8 Å². The molecule has 0 aromatic carbocycles. The number of nitrogens with zero attached hydrogens (tertiary/aromatic N) is 4. The van der Waals surface area contributed by atoms with Gasteiger partial charge in [-0.25, -0.2) is 0 Å². The van der Waals surface area contributed by atoms with Gasteiger partial charge in [0.2, 0.25) is 5.91 Å². The number of aromatic nitrogens is 2. The molecule has 3 heterocycles. The second-order valence-electron chi connectivity index (χ2n) is 7.95. The Morgan fingerprint density at radius 3 is 2.72 bits per heavy atom. The van der Waals surface area contributed by atoms with Crippen LogP contribution in [0.1, 0.15) is 36.2 Å². The number of morpholine rings is 1. The second-order valence-corrected chi connectivity index (χ2v) is 7.95. The molecule has 1 amide bonds. The molecule has 1 saturated carbocycles. The van der Waals surface area contributed by atoms with Crippen molar-refractivity contribution in [3.8, 4) is 0 Å². The normalized spacial score (nSPS) is 27.4. The standard InChI is InChI=1S/C19H30N4O2/c1-13-17(14(2)21(3)20-13)6-7-19(24)22-8-9-23-16(10-22)11-25-12-18(23)15-4-5-15/h15-16,18H,4-12H2,1-3H3/t16-,18-/m1/s1. The van der Waals surface area contributed by atoms with E-state index in [-0.39, 0.29) is 5.91 Å². The molecule has 3 fully saturated rings. The molecule has 2 aliphatic heterocycles. The van der Waals surface area contributed by atoms with Gasteiger partial charge < -0.3 is 9.64 Å². The van der Waals surface area contributed by atoms with Gasteiger partial charge >= 0.3 is 0 Å². The average Bonchev–Trinajstić information content (AvgIpc) is 3.41. The molecule has 0 unspecified atom stereocenters. The summed E-state index contributed by atoms with van der Waals surface area (Å²) in [5, 5.41) is 4.45. The second kappa shape index (κ2) is 6.72. The number of fused-ring (bicyclic) bond motifs is 1. The Labute approximate surface area is 150 Å². The van der Waals surface area contributed by atoms with Crippen molar-refractivity contribution in [2.75, 3.05) is 32.8 Å². The van der Waals surface area contributed by atoms with E-state index in [0.717, 1.165) is 50.9 Å². The lowest BCUT2D eigenvalue weighted by Crippen LogP contribution is -2.63. The minimum atomic E-state index is 0.274. The van der Waals surface area contributed by atoms with Crippen molar-refractivity contribution in [2.24, 2.45) is 13.0 Å². The van der Waals surface area contributed by atoms with Crippen molar-refractivity contribution >= 4 is 5.91 Å². The molecule has 0 spiro atoms. The van der Waals surface area contributed by atoms with Gasteiger partial charge in [-0.3, -0.25) is 14.4 Å². The third kappa shape index (κ3) is 3.34. The first kappa shape index (κ1) is 17.0. The highest BCUT2D eigenvalue weighted by atomic mass is 16.5. The highest BCUT2D eigenvalue weighted by molar-refractivity contribution is 5.76. The first-order valence-corrected chi connectivity index (χ1v) is 9.65. The highest BCUT2D eigenvalue weighted by Crippen LogP contribution is 2.38. The summed E-state index contributed by atoms with van der Waals surface area (Å²) in [4.78, 5) is 17.4. The van der Waals surface area contributed by atoms with Crippen molar-refractivity contribution in [1.29, 1.82) is 0 Å². The van der Waals surface area contributed by atoms with Crippen LogP contribution < -0.4 is 0 Å². The molecule has 138 valence electrons. The van der Waals surface area contributed by atoms with Gasteiger partial charge in [-0.1, -0.05) is 0 Å². The molecular weight excluding hydrogens is 316 g/mol. The van der Waals surface area contributed by atoms with E-state index in [4.69, 9.17) is 4.74 Å². The molecule has 0 radical (unpaired) electrons. The number of amides is 1. The average molecular weight is 346 g/mol. The van der Waals surface area contributed by atoms with Crippen molar-refractivity contribution in [2.45, 2.75) is 51.6 Å². The zero-order valence-electron chi connectivity index (χ0n) is 15.7. The van der Waals surface area contributed by atoms with Gasteiger partial charge in [0.25, 0.3) is 0 Å². The summed E-state index contributed by atoms with van der Waals surface area (Å²) in [6, 6.07) is 0.982. The van der Waals surface area contributed by atoms with Crippen LogP contribution in [0, 0.1) is 19.8 Å². The maximum Gasteiger partial charge on any atom is 0.223 e. The van der Waals surface area contributed by atoms with Crippen LogP contribution in [0.25, 0.3) is 0 Å². The van der Waals surface area contributed by atoms with Crippen LogP contribution in [0.2, 0.25) is 0 Å². The fourth-order valence-corrected chi connectivity index (χ4v) is 4.56. The Morgan fingerprint density at radius 1 is 1.24 bits per heavy atom. The maximum absolute atomic E-state index is 12.7. The predicted octanol–water partition coefficient (Wildman–Crippen LogP) is 1.29. The molecule has 2 saturated heterocycles. The zero-order chi connectivity index (χ0) is 17.6. The molecule has 3 aliphatic rings. The van der Waals surface area contributed by atoms with Crippen LogP contribution in [0.5, 0.6) is 0 Å². The van der Waals surface area contributed by atoms with E-state index in [0.29, 0.717) is 18.5 Å². The molecule has 1 aromatic heterocycles.